The number of carbonyl (C=O) groups is 1. The molecule has 140 valence electrons. The first-order valence-corrected chi connectivity index (χ1v) is 9.47. The lowest BCUT2D eigenvalue weighted by atomic mass is 10.1. The number of amidine groups is 1. The summed E-state index contributed by atoms with van der Waals surface area (Å²) in [6.07, 6.45) is 1.76. The molecule has 0 aromatic heterocycles. The third-order valence-corrected chi connectivity index (χ3v) is 5.62. The number of ether oxygens (including phenoxy) is 2. The van der Waals surface area contributed by atoms with Gasteiger partial charge in [0.2, 0.25) is 0 Å². The van der Waals surface area contributed by atoms with E-state index in [1.54, 1.807) is 38.5 Å². The van der Waals surface area contributed by atoms with Crippen LogP contribution >= 0.6 is 35.0 Å². The van der Waals surface area contributed by atoms with E-state index in [0.29, 0.717) is 31.6 Å². The van der Waals surface area contributed by atoms with Crippen LogP contribution in [0.15, 0.2) is 40.2 Å². The fourth-order valence-electron chi connectivity index (χ4n) is 2.61. The van der Waals surface area contributed by atoms with E-state index in [2.05, 4.69) is 10.3 Å². The average molecular weight is 423 g/mol. The lowest BCUT2D eigenvalue weighted by Gasteiger charge is -2.12. The minimum atomic E-state index is -0.243. The van der Waals surface area contributed by atoms with Gasteiger partial charge in [-0.15, -0.1) is 0 Å². The van der Waals surface area contributed by atoms with Gasteiger partial charge in [0.25, 0.3) is 5.91 Å². The second-order valence-corrected chi connectivity index (χ2v) is 7.39. The molecule has 5 nitrogen and oxygen atoms in total. The highest BCUT2D eigenvalue weighted by Crippen LogP contribution is 2.37. The van der Waals surface area contributed by atoms with Crippen LogP contribution in [0.1, 0.15) is 11.1 Å². The Morgan fingerprint density at radius 1 is 1.15 bits per heavy atom. The van der Waals surface area contributed by atoms with Crippen molar-refractivity contribution in [1.29, 1.82) is 0 Å². The third kappa shape index (κ3) is 4.08. The lowest BCUT2D eigenvalue weighted by molar-refractivity contribution is -0.115. The number of thioether (sulfide) groups is 1. The molecule has 1 aliphatic rings. The number of methoxy groups -OCH3 is 2. The molecule has 1 amide bonds. The van der Waals surface area contributed by atoms with E-state index in [0.717, 1.165) is 16.9 Å². The summed E-state index contributed by atoms with van der Waals surface area (Å²) in [6.45, 7) is 1.90. The van der Waals surface area contributed by atoms with E-state index < -0.39 is 0 Å². The van der Waals surface area contributed by atoms with Crippen molar-refractivity contribution in [2.45, 2.75) is 6.92 Å². The van der Waals surface area contributed by atoms with Gasteiger partial charge in [-0.3, -0.25) is 4.79 Å². The zero-order valence-electron chi connectivity index (χ0n) is 14.8. The van der Waals surface area contributed by atoms with E-state index in [9.17, 15) is 4.79 Å². The maximum Gasteiger partial charge on any atom is 0.264 e. The zero-order valence-corrected chi connectivity index (χ0v) is 17.1. The van der Waals surface area contributed by atoms with Crippen molar-refractivity contribution in [3.8, 4) is 11.5 Å². The molecule has 1 saturated heterocycles. The molecular formula is C19H16Cl2N2O3S. The Labute approximate surface area is 171 Å². The number of halogens is 2. The molecule has 3 rings (SSSR count). The molecule has 27 heavy (non-hydrogen) atoms. The van der Waals surface area contributed by atoms with E-state index in [1.807, 2.05) is 19.1 Å². The number of rotatable bonds is 4. The molecule has 1 heterocycles. The molecule has 2 aromatic rings. The number of nitrogens with zero attached hydrogens (tertiary/aromatic N) is 1. The molecule has 1 fully saturated rings. The van der Waals surface area contributed by atoms with Gasteiger partial charge in [-0.05, 0) is 49.0 Å². The van der Waals surface area contributed by atoms with Crippen molar-refractivity contribution in [1.82, 2.24) is 5.32 Å². The van der Waals surface area contributed by atoms with E-state index in [4.69, 9.17) is 32.7 Å². The summed E-state index contributed by atoms with van der Waals surface area (Å²) in [5.41, 5.74) is 2.12. The number of benzene rings is 2. The first-order valence-electron chi connectivity index (χ1n) is 7.89. The van der Waals surface area contributed by atoms with Gasteiger partial charge < -0.3 is 14.8 Å². The molecule has 8 heteroatoms. The number of nitrogens with one attached hydrogen (secondary N) is 1. The molecular weight excluding hydrogens is 407 g/mol. The minimum absolute atomic E-state index is 0.243. The monoisotopic (exact) mass is 422 g/mol. The van der Waals surface area contributed by atoms with Crippen LogP contribution in [0, 0.1) is 6.92 Å². The molecule has 1 N–H and O–H groups in total. The van der Waals surface area contributed by atoms with Crippen molar-refractivity contribution >= 4 is 57.8 Å². The van der Waals surface area contributed by atoms with Gasteiger partial charge in [0.1, 0.15) is 11.5 Å². The maximum atomic E-state index is 12.3. The Bertz CT molecular complexity index is 974. The third-order valence-electron chi connectivity index (χ3n) is 3.90. The summed E-state index contributed by atoms with van der Waals surface area (Å²) in [4.78, 5) is 17.2. The molecule has 0 saturated carbocycles. The first-order chi connectivity index (χ1) is 12.9. The number of aliphatic imine (C=N–C) groups is 1. The predicted molar refractivity (Wildman–Crippen MR) is 112 cm³/mol. The normalized spacial score (nSPS) is 16.7. The number of carbonyl (C=O) groups excluding carboxylic acids is 1. The summed E-state index contributed by atoms with van der Waals surface area (Å²) in [5.74, 6) is 1.13. The Morgan fingerprint density at radius 2 is 1.93 bits per heavy atom. The number of hydrogen-bond donors (Lipinski definition) is 1. The van der Waals surface area contributed by atoms with E-state index in [-0.39, 0.29) is 5.91 Å². The van der Waals surface area contributed by atoms with Gasteiger partial charge in [0.15, 0.2) is 5.17 Å². The van der Waals surface area contributed by atoms with Crippen molar-refractivity contribution in [2.75, 3.05) is 14.2 Å². The Hall–Kier alpha value is -2.15. The van der Waals surface area contributed by atoms with Gasteiger partial charge in [-0.2, -0.15) is 0 Å². The van der Waals surface area contributed by atoms with Crippen LogP contribution in [0.4, 0.5) is 5.69 Å². The Kier molecular flexibility index (Phi) is 5.99. The second kappa shape index (κ2) is 8.25. The summed E-state index contributed by atoms with van der Waals surface area (Å²) >= 11 is 13.4. The van der Waals surface area contributed by atoms with Gasteiger partial charge in [-0.1, -0.05) is 29.3 Å². The zero-order chi connectivity index (χ0) is 19.6. The highest BCUT2D eigenvalue weighted by Gasteiger charge is 2.25. The molecule has 0 aliphatic carbocycles. The van der Waals surface area contributed by atoms with E-state index >= 15 is 0 Å². The second-order valence-electron chi connectivity index (χ2n) is 5.57. The molecule has 2 aromatic carbocycles. The van der Waals surface area contributed by atoms with Gasteiger partial charge in [0, 0.05) is 11.1 Å². The molecule has 0 atom stereocenters. The van der Waals surface area contributed by atoms with Crippen LogP contribution < -0.4 is 14.8 Å². The average Bonchev–Trinajstić information content (AvgIpc) is 2.98. The summed E-state index contributed by atoms with van der Waals surface area (Å²) in [7, 11) is 3.18. The molecule has 1 aliphatic heterocycles. The van der Waals surface area contributed by atoms with Crippen molar-refractivity contribution in [3.63, 3.8) is 0 Å². The van der Waals surface area contributed by atoms with Crippen LogP contribution in [0.25, 0.3) is 6.08 Å². The molecule has 0 unspecified atom stereocenters. The summed E-state index contributed by atoms with van der Waals surface area (Å²) < 4.78 is 10.8. The van der Waals surface area contributed by atoms with Crippen molar-refractivity contribution in [3.05, 3.63) is 56.4 Å². The van der Waals surface area contributed by atoms with Crippen LogP contribution in [0.5, 0.6) is 11.5 Å². The lowest BCUT2D eigenvalue weighted by Crippen LogP contribution is -2.19. The number of hydrogen-bond acceptors (Lipinski definition) is 5. The first kappa shape index (κ1) is 19.6. The molecule has 0 radical (unpaired) electrons. The van der Waals surface area contributed by atoms with Gasteiger partial charge >= 0.3 is 0 Å². The predicted octanol–water partition coefficient (Wildman–Crippen LogP) is 5.21. The highest BCUT2D eigenvalue weighted by molar-refractivity contribution is 8.18. The standard InChI is InChI=1S/C19H16Cl2N2O3S/c1-10-14(25-2)8-7-11(17(10)26-3)9-15-18(24)23-19(27-15)22-13-6-4-5-12(20)16(13)21/h4-9H,1-3H3,(H,22,23,24)/b15-9+. The van der Waals surface area contributed by atoms with Crippen LogP contribution in [0.2, 0.25) is 10.0 Å². The molecule has 0 spiro atoms. The van der Waals surface area contributed by atoms with E-state index in [1.165, 1.54) is 11.8 Å². The van der Waals surface area contributed by atoms with Crippen LogP contribution in [-0.4, -0.2) is 25.3 Å². The number of amides is 1. The smallest absolute Gasteiger partial charge is 0.264 e. The fraction of sp³-hybridized carbons (Fsp3) is 0.158. The summed E-state index contributed by atoms with van der Waals surface area (Å²) in [5, 5.41) is 3.91. The quantitative estimate of drug-likeness (QED) is 0.686. The maximum absolute atomic E-state index is 12.3. The topological polar surface area (TPSA) is 59.9 Å². The van der Waals surface area contributed by atoms with Crippen molar-refractivity contribution in [2.24, 2.45) is 4.99 Å². The highest BCUT2D eigenvalue weighted by atomic mass is 35.5. The SMILES string of the molecule is COc1ccc(/C=C2/SC(=Nc3cccc(Cl)c3Cl)NC2=O)c(OC)c1C. The minimum Gasteiger partial charge on any atom is -0.496 e. The molecule has 0 bridgehead atoms. The van der Waals surface area contributed by atoms with Crippen LogP contribution in [0.3, 0.4) is 0 Å². The van der Waals surface area contributed by atoms with Crippen LogP contribution in [-0.2, 0) is 4.79 Å². The van der Waals surface area contributed by atoms with Gasteiger partial charge in [0.05, 0.1) is 34.9 Å². The summed E-state index contributed by atoms with van der Waals surface area (Å²) in [6, 6.07) is 8.83. The largest absolute Gasteiger partial charge is 0.496 e. The Morgan fingerprint density at radius 3 is 2.63 bits per heavy atom. The van der Waals surface area contributed by atoms with Crippen molar-refractivity contribution < 1.29 is 14.3 Å². The fourth-order valence-corrected chi connectivity index (χ4v) is 3.77. The van der Waals surface area contributed by atoms with Gasteiger partial charge in [-0.25, -0.2) is 4.99 Å². The Balaban J connectivity index is 1.93.